The van der Waals surface area contributed by atoms with E-state index in [1.165, 1.54) is 23.1 Å². The molecule has 8 nitrogen and oxygen atoms in total. The molecular formula is C21H23N3O5S2. The number of carboxylic acids is 1. The molecule has 0 atom stereocenters. The minimum atomic E-state index is -0.929. The molecule has 1 amide bonds. The van der Waals surface area contributed by atoms with E-state index in [9.17, 15) is 9.59 Å². The lowest BCUT2D eigenvalue weighted by molar-refractivity contribution is -0.137. The third kappa shape index (κ3) is 5.86. The molecule has 0 saturated carbocycles. The molecule has 1 aliphatic heterocycles. The molecule has 0 unspecified atom stereocenters. The standard InChI is InChI=1S/C21H23N3O5S2/c1-4-24-19(27)17(31-21(24)23-20-22-13(3)12-30-20)11-14-6-7-15(16(10-14)28-5-2)29-9-8-18(25)26/h6-7,10-12H,4-5,8-9H2,1-3H3,(H,25,26)/b17-11+,23-21+. The highest BCUT2D eigenvalue weighted by molar-refractivity contribution is 8.18. The lowest BCUT2D eigenvalue weighted by Crippen LogP contribution is -2.28. The second kappa shape index (κ2) is 10.5. The maximum atomic E-state index is 12.9. The smallest absolute Gasteiger partial charge is 0.306 e. The molecule has 0 radical (unpaired) electrons. The molecule has 3 rings (SSSR count). The molecule has 1 fully saturated rings. The number of aryl methyl sites for hydroxylation is 1. The average molecular weight is 462 g/mol. The molecule has 0 bridgehead atoms. The Balaban J connectivity index is 1.84. The van der Waals surface area contributed by atoms with Gasteiger partial charge in [0.25, 0.3) is 5.91 Å². The number of amides is 1. The second-order valence-electron chi connectivity index (χ2n) is 6.46. The first-order valence-corrected chi connectivity index (χ1v) is 11.4. The number of carbonyl (C=O) groups excluding carboxylic acids is 1. The minimum absolute atomic E-state index is 0.0473. The van der Waals surface area contributed by atoms with E-state index in [2.05, 4.69) is 9.98 Å². The van der Waals surface area contributed by atoms with Crippen molar-refractivity contribution in [1.82, 2.24) is 9.88 Å². The van der Waals surface area contributed by atoms with Crippen LogP contribution in [0.3, 0.4) is 0 Å². The van der Waals surface area contributed by atoms with E-state index in [1.807, 2.05) is 26.2 Å². The van der Waals surface area contributed by atoms with Gasteiger partial charge in [0, 0.05) is 11.9 Å². The summed E-state index contributed by atoms with van der Waals surface area (Å²) in [7, 11) is 0. The summed E-state index contributed by atoms with van der Waals surface area (Å²) in [5.74, 6) is -0.0781. The topological polar surface area (TPSA) is 101 Å². The monoisotopic (exact) mass is 461 g/mol. The van der Waals surface area contributed by atoms with Gasteiger partial charge in [0.05, 0.1) is 30.2 Å². The van der Waals surface area contributed by atoms with E-state index in [4.69, 9.17) is 14.6 Å². The Morgan fingerprint density at radius 1 is 1.29 bits per heavy atom. The Morgan fingerprint density at radius 3 is 2.74 bits per heavy atom. The zero-order chi connectivity index (χ0) is 22.4. The van der Waals surface area contributed by atoms with Crippen LogP contribution in [0.1, 0.15) is 31.5 Å². The Morgan fingerprint density at radius 2 is 2.10 bits per heavy atom. The Bertz CT molecular complexity index is 1030. The summed E-state index contributed by atoms with van der Waals surface area (Å²) in [6, 6.07) is 5.29. The fraction of sp³-hybridized carbons (Fsp3) is 0.333. The summed E-state index contributed by atoms with van der Waals surface area (Å²) in [5.41, 5.74) is 1.67. The van der Waals surface area contributed by atoms with Crippen LogP contribution in [-0.2, 0) is 9.59 Å². The molecule has 31 heavy (non-hydrogen) atoms. The lowest BCUT2D eigenvalue weighted by atomic mass is 10.2. The summed E-state index contributed by atoms with van der Waals surface area (Å²) in [6.07, 6.45) is 1.69. The van der Waals surface area contributed by atoms with Gasteiger partial charge in [0.1, 0.15) is 0 Å². The van der Waals surface area contributed by atoms with Crippen molar-refractivity contribution < 1.29 is 24.2 Å². The van der Waals surface area contributed by atoms with Crippen molar-refractivity contribution in [1.29, 1.82) is 0 Å². The van der Waals surface area contributed by atoms with Crippen LogP contribution in [0.4, 0.5) is 5.13 Å². The molecule has 1 N–H and O–H groups in total. The van der Waals surface area contributed by atoms with Gasteiger partial charge in [0.15, 0.2) is 16.7 Å². The minimum Gasteiger partial charge on any atom is -0.490 e. The van der Waals surface area contributed by atoms with Crippen molar-refractivity contribution in [3.05, 3.63) is 39.7 Å². The zero-order valence-electron chi connectivity index (χ0n) is 17.5. The van der Waals surface area contributed by atoms with Gasteiger partial charge < -0.3 is 14.6 Å². The van der Waals surface area contributed by atoms with E-state index in [-0.39, 0.29) is 18.9 Å². The van der Waals surface area contributed by atoms with Crippen LogP contribution < -0.4 is 9.47 Å². The number of thioether (sulfide) groups is 1. The number of thiazole rings is 1. The first-order chi connectivity index (χ1) is 14.9. The first kappa shape index (κ1) is 22.8. The molecule has 1 aromatic carbocycles. The van der Waals surface area contributed by atoms with Gasteiger partial charge >= 0.3 is 5.97 Å². The predicted molar refractivity (Wildman–Crippen MR) is 122 cm³/mol. The van der Waals surface area contributed by atoms with Crippen molar-refractivity contribution >= 4 is 51.4 Å². The van der Waals surface area contributed by atoms with Crippen LogP contribution in [0.15, 0.2) is 33.5 Å². The Hall–Kier alpha value is -2.85. The molecule has 0 spiro atoms. The second-order valence-corrected chi connectivity index (χ2v) is 8.30. The third-order valence-corrected chi connectivity index (χ3v) is 6.00. The number of hydrogen-bond acceptors (Lipinski definition) is 8. The first-order valence-electron chi connectivity index (χ1n) is 9.75. The van der Waals surface area contributed by atoms with Gasteiger partial charge in [-0.3, -0.25) is 14.5 Å². The number of hydrogen-bond donors (Lipinski definition) is 1. The van der Waals surface area contributed by atoms with Gasteiger partial charge in [0.2, 0.25) is 5.13 Å². The molecule has 1 aliphatic rings. The van der Waals surface area contributed by atoms with Gasteiger partial charge in [-0.05, 0) is 56.3 Å². The zero-order valence-corrected chi connectivity index (χ0v) is 19.1. The molecule has 1 aromatic heterocycles. The van der Waals surface area contributed by atoms with Crippen molar-refractivity contribution in [3.8, 4) is 11.5 Å². The number of nitrogens with zero attached hydrogens (tertiary/aromatic N) is 3. The molecule has 2 heterocycles. The summed E-state index contributed by atoms with van der Waals surface area (Å²) in [6.45, 7) is 6.64. The number of aromatic nitrogens is 1. The van der Waals surface area contributed by atoms with Crippen LogP contribution in [-0.4, -0.2) is 51.8 Å². The molecule has 1 saturated heterocycles. The molecule has 164 valence electrons. The number of aliphatic imine (C=N–C) groups is 1. The van der Waals surface area contributed by atoms with E-state index in [1.54, 1.807) is 29.2 Å². The summed E-state index contributed by atoms with van der Waals surface area (Å²) in [5, 5.41) is 11.9. The Labute approximate surface area is 188 Å². The van der Waals surface area contributed by atoms with Gasteiger partial charge in [-0.15, -0.1) is 11.3 Å². The predicted octanol–water partition coefficient (Wildman–Crippen LogP) is 4.33. The average Bonchev–Trinajstić information content (AvgIpc) is 3.26. The highest BCUT2D eigenvalue weighted by Gasteiger charge is 2.32. The quantitative estimate of drug-likeness (QED) is 0.555. The van der Waals surface area contributed by atoms with Crippen LogP contribution in [0, 0.1) is 6.92 Å². The normalized spacial score (nSPS) is 16.4. The van der Waals surface area contributed by atoms with E-state index in [0.717, 1.165) is 11.3 Å². The molecule has 2 aromatic rings. The maximum absolute atomic E-state index is 12.9. The van der Waals surface area contributed by atoms with Crippen LogP contribution in [0.25, 0.3) is 6.08 Å². The highest BCUT2D eigenvalue weighted by Crippen LogP contribution is 2.36. The largest absolute Gasteiger partial charge is 0.490 e. The van der Waals surface area contributed by atoms with Crippen LogP contribution >= 0.6 is 23.1 Å². The van der Waals surface area contributed by atoms with Crippen molar-refractivity contribution in [2.75, 3.05) is 19.8 Å². The summed E-state index contributed by atoms with van der Waals surface area (Å²) in [4.78, 5) is 34.6. The lowest BCUT2D eigenvalue weighted by Gasteiger charge is -2.12. The number of likely N-dealkylation sites (N-methyl/N-ethyl adjacent to an activating group) is 1. The van der Waals surface area contributed by atoms with Gasteiger partial charge in [-0.2, -0.15) is 4.99 Å². The third-order valence-electron chi connectivity index (χ3n) is 4.14. The SMILES string of the molecule is CCOc1cc(/C=C2/S/C(=N/c3nc(C)cs3)N(CC)C2=O)ccc1OCCC(=O)O. The van der Waals surface area contributed by atoms with Crippen molar-refractivity contribution in [2.24, 2.45) is 4.99 Å². The number of rotatable bonds is 9. The van der Waals surface area contributed by atoms with E-state index < -0.39 is 5.97 Å². The summed E-state index contributed by atoms with van der Waals surface area (Å²) >= 11 is 2.74. The molecule has 0 aliphatic carbocycles. The van der Waals surface area contributed by atoms with E-state index >= 15 is 0 Å². The fourth-order valence-corrected chi connectivity index (χ4v) is 4.51. The molecule has 10 heteroatoms. The number of carboxylic acid groups (broad SMARTS) is 1. The number of amidine groups is 1. The fourth-order valence-electron chi connectivity index (χ4n) is 2.75. The van der Waals surface area contributed by atoms with Crippen molar-refractivity contribution in [2.45, 2.75) is 27.2 Å². The number of ether oxygens (including phenoxy) is 2. The number of benzene rings is 1. The van der Waals surface area contributed by atoms with Gasteiger partial charge in [-0.25, -0.2) is 4.98 Å². The Kier molecular flexibility index (Phi) is 7.69. The van der Waals surface area contributed by atoms with Crippen molar-refractivity contribution in [3.63, 3.8) is 0 Å². The van der Waals surface area contributed by atoms with Gasteiger partial charge in [-0.1, -0.05) is 6.07 Å². The van der Waals surface area contributed by atoms with E-state index in [0.29, 0.717) is 39.9 Å². The number of carbonyl (C=O) groups is 2. The highest BCUT2D eigenvalue weighted by atomic mass is 32.2. The maximum Gasteiger partial charge on any atom is 0.306 e. The van der Waals surface area contributed by atoms with Crippen LogP contribution in [0.5, 0.6) is 11.5 Å². The van der Waals surface area contributed by atoms with Crippen LogP contribution in [0.2, 0.25) is 0 Å². The molecular weight excluding hydrogens is 438 g/mol. The number of aliphatic carboxylic acids is 1. The summed E-state index contributed by atoms with van der Waals surface area (Å²) < 4.78 is 11.2.